The van der Waals surface area contributed by atoms with Crippen LogP contribution in [0.15, 0.2) is 45.4 Å². The molecule has 0 aliphatic heterocycles. The third-order valence-corrected chi connectivity index (χ3v) is 2.97. The lowest BCUT2D eigenvalue weighted by Gasteiger charge is -2.00. The van der Waals surface area contributed by atoms with Gasteiger partial charge in [-0.15, -0.1) is 0 Å². The van der Waals surface area contributed by atoms with Crippen LogP contribution in [-0.4, -0.2) is 23.3 Å². The minimum atomic E-state index is -0.449. The van der Waals surface area contributed by atoms with Crippen molar-refractivity contribution >= 4 is 11.7 Å². The highest BCUT2D eigenvalue weighted by Gasteiger charge is 2.16. The number of aryl methyl sites for hydroxylation is 1. The Bertz CT molecular complexity index is 806. The normalized spacial score (nSPS) is 10.5. The van der Waals surface area contributed by atoms with Crippen LogP contribution in [0.4, 0.5) is 5.82 Å². The van der Waals surface area contributed by atoms with E-state index in [2.05, 4.69) is 15.6 Å². The quantitative estimate of drug-likeness (QED) is 0.796. The second-order valence-corrected chi connectivity index (χ2v) is 4.59. The number of nitrogens with zero attached hydrogens (tertiary/aromatic N) is 2. The Hall–Kier alpha value is -3.09. The maximum absolute atomic E-state index is 12.0. The van der Waals surface area contributed by atoms with Crippen LogP contribution >= 0.6 is 0 Å². The summed E-state index contributed by atoms with van der Waals surface area (Å²) in [5.74, 6) is 1.25. The van der Waals surface area contributed by atoms with Gasteiger partial charge in [-0.2, -0.15) is 0 Å². The number of aromatic nitrogens is 2. The van der Waals surface area contributed by atoms with Crippen molar-refractivity contribution in [3.05, 3.63) is 47.9 Å². The lowest BCUT2D eigenvalue weighted by Crippen LogP contribution is -2.10. The summed E-state index contributed by atoms with van der Waals surface area (Å²) in [6.45, 7) is 1.73. The van der Waals surface area contributed by atoms with Gasteiger partial charge >= 0.3 is 0 Å². The Morgan fingerprint density at radius 1 is 1.18 bits per heavy atom. The molecular weight excluding hydrogens is 286 g/mol. The van der Waals surface area contributed by atoms with E-state index in [1.165, 1.54) is 0 Å². The van der Waals surface area contributed by atoms with E-state index in [1.54, 1.807) is 32.2 Å². The second-order valence-electron chi connectivity index (χ2n) is 4.59. The van der Waals surface area contributed by atoms with Crippen molar-refractivity contribution in [3.63, 3.8) is 0 Å². The van der Waals surface area contributed by atoms with Gasteiger partial charge in [-0.25, -0.2) is 0 Å². The first-order valence-electron chi connectivity index (χ1n) is 6.51. The molecule has 0 aliphatic carbocycles. The Morgan fingerprint density at radius 2 is 2.05 bits per heavy atom. The first-order chi connectivity index (χ1) is 10.7. The van der Waals surface area contributed by atoms with Crippen molar-refractivity contribution in [2.24, 2.45) is 0 Å². The predicted molar refractivity (Wildman–Crippen MR) is 77.7 cm³/mol. The number of hydrogen-bond acceptors (Lipinski definition) is 6. The Balaban J connectivity index is 1.79. The van der Waals surface area contributed by atoms with E-state index in [4.69, 9.17) is 13.8 Å². The molecule has 0 aliphatic rings. The molecule has 1 amide bonds. The average Bonchev–Trinajstić information content (AvgIpc) is 3.16. The number of carbonyl (C=O) groups excluding carboxylic acids is 1. The lowest BCUT2D eigenvalue weighted by molar-refractivity contribution is 0.0987. The minimum Gasteiger partial charge on any atom is -0.497 e. The molecule has 22 heavy (non-hydrogen) atoms. The molecule has 0 bridgehead atoms. The average molecular weight is 299 g/mol. The molecule has 7 heteroatoms. The molecule has 0 unspecified atom stereocenters. The fraction of sp³-hybridized carbons (Fsp3) is 0.133. The summed E-state index contributed by atoms with van der Waals surface area (Å²) in [5, 5.41) is 10.1. The van der Waals surface area contributed by atoms with E-state index in [9.17, 15) is 4.79 Å². The van der Waals surface area contributed by atoms with E-state index in [-0.39, 0.29) is 5.76 Å². The largest absolute Gasteiger partial charge is 0.497 e. The summed E-state index contributed by atoms with van der Waals surface area (Å²) >= 11 is 0. The van der Waals surface area contributed by atoms with Gasteiger partial charge in [-0.05, 0) is 19.1 Å². The maximum atomic E-state index is 12.0. The molecule has 0 saturated carbocycles. The SMILES string of the molecule is COc1cccc(-c2cc(C(=O)Nc3cc(C)on3)on2)c1. The van der Waals surface area contributed by atoms with Crippen molar-refractivity contribution < 1.29 is 18.6 Å². The number of anilines is 1. The highest BCUT2D eigenvalue weighted by atomic mass is 16.5. The molecule has 3 rings (SSSR count). The standard InChI is InChI=1S/C15H13N3O4/c1-9-6-14(18-21-9)16-15(19)13-8-12(17-22-13)10-4-3-5-11(7-10)20-2/h3-8H,1-2H3,(H,16,18,19). The third-order valence-electron chi connectivity index (χ3n) is 2.97. The minimum absolute atomic E-state index is 0.0819. The van der Waals surface area contributed by atoms with Crippen molar-refractivity contribution in [1.29, 1.82) is 0 Å². The number of rotatable bonds is 4. The third kappa shape index (κ3) is 2.83. The van der Waals surface area contributed by atoms with Crippen molar-refractivity contribution in [1.82, 2.24) is 10.3 Å². The Morgan fingerprint density at radius 3 is 2.77 bits per heavy atom. The predicted octanol–water partition coefficient (Wildman–Crippen LogP) is 2.90. The summed E-state index contributed by atoms with van der Waals surface area (Å²) < 4.78 is 15.1. The summed E-state index contributed by atoms with van der Waals surface area (Å²) in [7, 11) is 1.58. The summed E-state index contributed by atoms with van der Waals surface area (Å²) in [6.07, 6.45) is 0. The van der Waals surface area contributed by atoms with E-state index in [0.717, 1.165) is 5.56 Å². The second kappa shape index (κ2) is 5.72. The van der Waals surface area contributed by atoms with E-state index in [0.29, 0.717) is 23.0 Å². The number of nitrogens with one attached hydrogen (secondary N) is 1. The molecule has 2 aromatic heterocycles. The zero-order valence-corrected chi connectivity index (χ0v) is 12.0. The van der Waals surface area contributed by atoms with Crippen LogP contribution in [0.2, 0.25) is 0 Å². The van der Waals surface area contributed by atoms with Crippen LogP contribution in [0, 0.1) is 6.92 Å². The number of amides is 1. The van der Waals surface area contributed by atoms with E-state index in [1.807, 2.05) is 18.2 Å². The number of benzene rings is 1. The highest BCUT2D eigenvalue weighted by molar-refractivity contribution is 6.02. The Labute approximate surface area is 125 Å². The van der Waals surface area contributed by atoms with Gasteiger partial charge in [0.15, 0.2) is 5.82 Å². The molecule has 0 saturated heterocycles. The van der Waals surface area contributed by atoms with Crippen molar-refractivity contribution in [2.75, 3.05) is 12.4 Å². The van der Waals surface area contributed by atoms with Gasteiger partial charge in [-0.1, -0.05) is 22.4 Å². The molecule has 0 atom stereocenters. The van der Waals surface area contributed by atoms with E-state index < -0.39 is 5.91 Å². The molecule has 3 aromatic rings. The summed E-state index contributed by atoms with van der Waals surface area (Å²) in [4.78, 5) is 12.0. The van der Waals surface area contributed by atoms with Gasteiger partial charge in [-0.3, -0.25) is 4.79 Å². The van der Waals surface area contributed by atoms with Crippen LogP contribution in [-0.2, 0) is 0 Å². The van der Waals surface area contributed by atoms with Gasteiger partial charge in [0.2, 0.25) is 5.76 Å². The van der Waals surface area contributed by atoms with Crippen LogP contribution in [0.5, 0.6) is 5.75 Å². The fourth-order valence-corrected chi connectivity index (χ4v) is 1.90. The van der Waals surface area contributed by atoms with Crippen LogP contribution in [0.25, 0.3) is 11.3 Å². The monoisotopic (exact) mass is 299 g/mol. The zero-order chi connectivity index (χ0) is 15.5. The highest BCUT2D eigenvalue weighted by Crippen LogP contribution is 2.23. The number of methoxy groups -OCH3 is 1. The van der Waals surface area contributed by atoms with Crippen molar-refractivity contribution in [3.8, 4) is 17.0 Å². The molecule has 0 spiro atoms. The zero-order valence-electron chi connectivity index (χ0n) is 12.0. The number of hydrogen-bond donors (Lipinski definition) is 1. The number of carbonyl (C=O) groups is 1. The molecule has 1 N–H and O–H groups in total. The van der Waals surface area contributed by atoms with Crippen LogP contribution in [0.1, 0.15) is 16.3 Å². The molecular formula is C15H13N3O4. The van der Waals surface area contributed by atoms with Gasteiger partial charge < -0.3 is 19.1 Å². The summed E-state index contributed by atoms with van der Waals surface area (Å²) in [6, 6.07) is 10.5. The Kier molecular flexibility index (Phi) is 3.61. The maximum Gasteiger partial charge on any atom is 0.295 e. The number of ether oxygens (including phenoxy) is 1. The lowest BCUT2D eigenvalue weighted by atomic mass is 10.1. The van der Waals surface area contributed by atoms with Crippen molar-refractivity contribution in [2.45, 2.75) is 6.92 Å². The van der Waals surface area contributed by atoms with Gasteiger partial charge in [0, 0.05) is 17.7 Å². The molecule has 112 valence electrons. The van der Waals surface area contributed by atoms with E-state index >= 15 is 0 Å². The molecule has 0 fully saturated rings. The molecule has 7 nitrogen and oxygen atoms in total. The molecule has 1 aromatic carbocycles. The smallest absolute Gasteiger partial charge is 0.295 e. The van der Waals surface area contributed by atoms with Crippen LogP contribution < -0.4 is 10.1 Å². The summed E-state index contributed by atoms with van der Waals surface area (Å²) in [5.41, 5.74) is 1.33. The van der Waals surface area contributed by atoms with Gasteiger partial charge in [0.25, 0.3) is 5.91 Å². The topological polar surface area (TPSA) is 90.4 Å². The van der Waals surface area contributed by atoms with Gasteiger partial charge in [0.1, 0.15) is 17.2 Å². The first kappa shape index (κ1) is 13.9. The first-order valence-corrected chi connectivity index (χ1v) is 6.51. The molecule has 2 heterocycles. The molecule has 0 radical (unpaired) electrons. The fourth-order valence-electron chi connectivity index (χ4n) is 1.90. The van der Waals surface area contributed by atoms with Crippen LogP contribution in [0.3, 0.4) is 0 Å². The van der Waals surface area contributed by atoms with Gasteiger partial charge in [0.05, 0.1) is 7.11 Å².